The molecule has 10 heteroatoms. The monoisotopic (exact) mass is 577 g/mol. The van der Waals surface area contributed by atoms with Gasteiger partial charge in [0.2, 0.25) is 0 Å². The molecular formula is C29H56NO8P. The highest BCUT2D eigenvalue weighted by Gasteiger charge is 2.21. The number of quaternary nitrogens is 1. The van der Waals surface area contributed by atoms with E-state index in [1.165, 1.54) is 64.2 Å². The molecule has 9 nitrogen and oxygen atoms in total. The van der Waals surface area contributed by atoms with Crippen molar-refractivity contribution in [1.82, 2.24) is 0 Å². The summed E-state index contributed by atoms with van der Waals surface area (Å²) in [6, 6.07) is 0. The third kappa shape index (κ3) is 26.7. The summed E-state index contributed by atoms with van der Waals surface area (Å²) in [7, 11) is 1.13. The van der Waals surface area contributed by atoms with Gasteiger partial charge in [-0.3, -0.25) is 14.2 Å². The fourth-order valence-corrected chi connectivity index (χ4v) is 4.49. The predicted molar refractivity (Wildman–Crippen MR) is 153 cm³/mol. The molecule has 0 saturated carbocycles. The van der Waals surface area contributed by atoms with Crippen LogP contribution in [-0.2, 0) is 32.7 Å². The zero-order valence-corrected chi connectivity index (χ0v) is 26.1. The lowest BCUT2D eigenvalue weighted by Crippen LogP contribution is -2.37. The second-order valence-corrected chi connectivity index (χ2v) is 12.6. The van der Waals surface area contributed by atoms with Gasteiger partial charge < -0.3 is 27.9 Å². The molecule has 39 heavy (non-hydrogen) atoms. The molecule has 0 spiro atoms. The molecule has 0 N–H and O–H groups in total. The molecule has 0 aromatic rings. The van der Waals surface area contributed by atoms with Gasteiger partial charge in [-0.05, 0) is 12.8 Å². The van der Waals surface area contributed by atoms with Crippen LogP contribution in [0, 0.1) is 0 Å². The van der Waals surface area contributed by atoms with Crippen LogP contribution in [-0.4, -0.2) is 70.0 Å². The van der Waals surface area contributed by atoms with Gasteiger partial charge in [-0.15, -0.1) is 6.58 Å². The highest BCUT2D eigenvalue weighted by atomic mass is 31.2. The topological polar surface area (TPSA) is 111 Å². The number of phosphoric ester groups is 1. The smallest absolute Gasteiger partial charge is 0.306 e. The number of ether oxygens (including phenoxy) is 2. The van der Waals surface area contributed by atoms with Crippen molar-refractivity contribution in [2.24, 2.45) is 0 Å². The van der Waals surface area contributed by atoms with E-state index in [-0.39, 0.29) is 26.1 Å². The normalized spacial score (nSPS) is 14.0. The van der Waals surface area contributed by atoms with Crippen LogP contribution >= 0.6 is 7.82 Å². The van der Waals surface area contributed by atoms with E-state index in [1.54, 1.807) is 6.08 Å². The fourth-order valence-electron chi connectivity index (χ4n) is 3.76. The van der Waals surface area contributed by atoms with Crippen LogP contribution in [0.4, 0.5) is 0 Å². The Labute approximate surface area is 237 Å². The summed E-state index contributed by atoms with van der Waals surface area (Å²) in [6.45, 7) is 5.46. The predicted octanol–water partition coefficient (Wildman–Crippen LogP) is 6.10. The maximum atomic E-state index is 12.2. The Morgan fingerprint density at radius 1 is 0.821 bits per heavy atom. The van der Waals surface area contributed by atoms with Crippen LogP contribution in [0.1, 0.15) is 110 Å². The molecule has 0 rings (SSSR count). The third-order valence-corrected chi connectivity index (χ3v) is 7.16. The van der Waals surface area contributed by atoms with Crippen molar-refractivity contribution in [3.05, 3.63) is 12.7 Å². The minimum Gasteiger partial charge on any atom is -0.756 e. The average Bonchev–Trinajstić information content (AvgIpc) is 2.86. The number of hydrogen-bond acceptors (Lipinski definition) is 8. The number of carbonyl (C=O) groups excluding carboxylic acids is 2. The van der Waals surface area contributed by atoms with Crippen molar-refractivity contribution in [2.45, 2.75) is 116 Å². The van der Waals surface area contributed by atoms with Gasteiger partial charge in [0.05, 0.1) is 27.7 Å². The molecule has 0 aromatic carbocycles. The van der Waals surface area contributed by atoms with Gasteiger partial charge in [0.15, 0.2) is 6.10 Å². The number of phosphoric acid groups is 1. The third-order valence-electron chi connectivity index (χ3n) is 6.20. The zero-order chi connectivity index (χ0) is 29.4. The molecule has 0 aliphatic rings. The maximum Gasteiger partial charge on any atom is 0.306 e. The van der Waals surface area contributed by atoms with Gasteiger partial charge in [-0.25, -0.2) is 0 Å². The van der Waals surface area contributed by atoms with E-state index in [2.05, 4.69) is 13.5 Å². The molecule has 2 atom stereocenters. The van der Waals surface area contributed by atoms with E-state index in [0.29, 0.717) is 17.4 Å². The Morgan fingerprint density at radius 3 is 1.87 bits per heavy atom. The number of likely N-dealkylation sites (N-methyl/N-ethyl adjacent to an activating group) is 1. The van der Waals surface area contributed by atoms with Gasteiger partial charge in [-0.1, -0.05) is 90.0 Å². The van der Waals surface area contributed by atoms with Crippen LogP contribution in [0.15, 0.2) is 12.7 Å². The van der Waals surface area contributed by atoms with Crippen LogP contribution < -0.4 is 4.89 Å². The lowest BCUT2D eigenvalue weighted by Gasteiger charge is -2.28. The maximum absolute atomic E-state index is 12.2. The molecule has 0 aromatic heterocycles. The molecule has 0 fully saturated rings. The van der Waals surface area contributed by atoms with E-state index in [9.17, 15) is 19.0 Å². The van der Waals surface area contributed by atoms with E-state index in [0.717, 1.165) is 19.3 Å². The first kappa shape index (κ1) is 37.8. The largest absolute Gasteiger partial charge is 0.756 e. The second-order valence-electron chi connectivity index (χ2n) is 11.2. The van der Waals surface area contributed by atoms with Crippen molar-refractivity contribution in [2.75, 3.05) is 47.5 Å². The van der Waals surface area contributed by atoms with Gasteiger partial charge in [0.25, 0.3) is 7.82 Å². The summed E-state index contributed by atoms with van der Waals surface area (Å²) >= 11 is 0. The molecule has 0 radical (unpaired) electrons. The Morgan fingerprint density at radius 2 is 1.36 bits per heavy atom. The van der Waals surface area contributed by atoms with Crippen LogP contribution in [0.3, 0.4) is 0 Å². The minimum absolute atomic E-state index is 0.0395. The minimum atomic E-state index is -4.60. The average molecular weight is 578 g/mol. The molecule has 0 bridgehead atoms. The Kier molecular flexibility index (Phi) is 22.7. The van der Waals surface area contributed by atoms with Crippen LogP contribution in [0.5, 0.6) is 0 Å². The molecule has 0 aliphatic carbocycles. The van der Waals surface area contributed by atoms with E-state index in [1.807, 2.05) is 21.1 Å². The van der Waals surface area contributed by atoms with Crippen molar-refractivity contribution in [1.29, 1.82) is 0 Å². The molecule has 0 amide bonds. The highest BCUT2D eigenvalue weighted by Crippen LogP contribution is 2.38. The molecule has 0 saturated heterocycles. The molecule has 230 valence electrons. The summed E-state index contributed by atoms with van der Waals surface area (Å²) in [4.78, 5) is 36.3. The lowest BCUT2D eigenvalue weighted by atomic mass is 10.0. The summed E-state index contributed by atoms with van der Waals surface area (Å²) in [5, 5.41) is 0. The number of carbonyl (C=O) groups is 2. The SMILES string of the molecule is C=CCCC(=O)O[C@H](COC(=O)CCCCCCCCCCCCCCC)COP(=O)([O-])OCC[N+](C)(C)C. The fraction of sp³-hybridized carbons (Fsp3) is 0.862. The summed E-state index contributed by atoms with van der Waals surface area (Å²) in [6.07, 6.45) is 17.1. The van der Waals surface area contributed by atoms with Crippen molar-refractivity contribution in [3.63, 3.8) is 0 Å². The van der Waals surface area contributed by atoms with Gasteiger partial charge in [0, 0.05) is 12.8 Å². The van der Waals surface area contributed by atoms with Crippen LogP contribution in [0.25, 0.3) is 0 Å². The van der Waals surface area contributed by atoms with Gasteiger partial charge >= 0.3 is 11.9 Å². The molecular weight excluding hydrogens is 521 g/mol. The van der Waals surface area contributed by atoms with Crippen molar-refractivity contribution < 1.29 is 42.1 Å². The van der Waals surface area contributed by atoms with Gasteiger partial charge in [0.1, 0.15) is 19.8 Å². The first-order chi connectivity index (χ1) is 18.5. The summed E-state index contributed by atoms with van der Waals surface area (Å²) in [5.74, 6) is -0.961. The number of unbranched alkanes of at least 4 members (excludes halogenated alkanes) is 12. The number of nitrogens with zero attached hydrogens (tertiary/aromatic N) is 1. The Hall–Kier alpha value is -1.25. The van der Waals surface area contributed by atoms with Crippen molar-refractivity contribution in [3.8, 4) is 0 Å². The van der Waals surface area contributed by atoms with Crippen molar-refractivity contribution >= 4 is 19.8 Å². The molecule has 1 unspecified atom stereocenters. The lowest BCUT2D eigenvalue weighted by molar-refractivity contribution is -0.870. The number of hydrogen-bond donors (Lipinski definition) is 0. The van der Waals surface area contributed by atoms with Crippen LogP contribution in [0.2, 0.25) is 0 Å². The first-order valence-electron chi connectivity index (χ1n) is 14.9. The van der Waals surface area contributed by atoms with E-state index in [4.69, 9.17) is 18.5 Å². The Bertz CT molecular complexity index is 695. The van der Waals surface area contributed by atoms with Gasteiger partial charge in [-0.2, -0.15) is 0 Å². The number of rotatable bonds is 27. The standard InChI is InChI=1S/C29H56NO8P/c1-6-8-10-11-12-13-14-15-16-17-18-19-20-22-28(31)35-25-27(38-29(32)21-9-7-2)26-37-39(33,34)36-24-23-30(3,4)5/h7,27H,2,6,8-26H2,1,3-5H3/t27-/m1/s1. The molecule has 0 heterocycles. The summed E-state index contributed by atoms with van der Waals surface area (Å²) in [5.41, 5.74) is 0. The quantitative estimate of drug-likeness (QED) is 0.0379. The summed E-state index contributed by atoms with van der Waals surface area (Å²) < 4.78 is 32.9. The molecule has 0 aliphatic heterocycles. The Balaban J connectivity index is 4.22. The number of esters is 2. The van der Waals surface area contributed by atoms with E-state index < -0.39 is 32.5 Å². The van der Waals surface area contributed by atoms with E-state index >= 15 is 0 Å². The second kappa shape index (κ2) is 23.5. The zero-order valence-electron chi connectivity index (χ0n) is 25.2. The highest BCUT2D eigenvalue weighted by molar-refractivity contribution is 7.45. The number of allylic oxidation sites excluding steroid dienone is 1. The first-order valence-corrected chi connectivity index (χ1v) is 16.3.